The first kappa shape index (κ1) is 13.8. The first-order valence-corrected chi connectivity index (χ1v) is 6.93. The molecule has 4 heteroatoms. The zero-order valence-electron chi connectivity index (χ0n) is 9.80. The van der Waals surface area contributed by atoms with Crippen LogP contribution in [0.2, 0.25) is 0 Å². The van der Waals surface area contributed by atoms with Crippen LogP contribution < -0.4 is 0 Å². The molecule has 0 aromatic heterocycles. The molecule has 3 nitrogen and oxygen atoms in total. The highest BCUT2D eigenvalue weighted by molar-refractivity contribution is 7.90. The summed E-state index contributed by atoms with van der Waals surface area (Å²) >= 11 is -0.986. The molecule has 92 valence electrons. The minimum Gasteiger partial charge on any atom is -0.616 e. The van der Waals surface area contributed by atoms with Crippen LogP contribution in [0, 0.1) is 0 Å². The molecule has 0 unspecified atom stereocenters. The summed E-state index contributed by atoms with van der Waals surface area (Å²) in [5, 5.41) is 0. The average Bonchev–Trinajstić information content (AvgIpc) is 2.30. The average molecular weight is 252 g/mol. The van der Waals surface area contributed by atoms with Gasteiger partial charge in [-0.1, -0.05) is 30.3 Å². The van der Waals surface area contributed by atoms with Crippen LogP contribution in [0.25, 0.3) is 0 Å². The van der Waals surface area contributed by atoms with Gasteiger partial charge in [-0.3, -0.25) is 0 Å². The lowest BCUT2D eigenvalue weighted by molar-refractivity contribution is -0.137. The third-order valence-corrected chi connectivity index (χ3v) is 3.21. The molecule has 0 amide bonds. The topological polar surface area (TPSA) is 49.4 Å². The third-order valence-electron chi connectivity index (χ3n) is 1.99. The van der Waals surface area contributed by atoms with Crippen molar-refractivity contribution < 1.29 is 14.1 Å². The maximum atomic E-state index is 11.7. The van der Waals surface area contributed by atoms with Crippen molar-refractivity contribution in [2.24, 2.45) is 0 Å². The number of benzene rings is 1. The summed E-state index contributed by atoms with van der Waals surface area (Å²) in [5.74, 6) is 0.492. The number of hydrogen-bond acceptors (Lipinski definition) is 3. The molecule has 0 saturated carbocycles. The van der Waals surface area contributed by atoms with E-state index in [1.165, 1.54) is 6.08 Å². The van der Waals surface area contributed by atoms with E-state index in [1.54, 1.807) is 13.0 Å². The van der Waals surface area contributed by atoms with Gasteiger partial charge in [0.25, 0.3) is 0 Å². The summed E-state index contributed by atoms with van der Waals surface area (Å²) < 4.78 is 16.4. The molecule has 17 heavy (non-hydrogen) atoms. The molecule has 0 N–H and O–H groups in total. The Balaban J connectivity index is 2.30. The van der Waals surface area contributed by atoms with E-state index in [0.29, 0.717) is 18.1 Å². The van der Waals surface area contributed by atoms with Crippen molar-refractivity contribution in [2.75, 3.05) is 12.4 Å². The van der Waals surface area contributed by atoms with Crippen LogP contribution in [0.1, 0.15) is 12.5 Å². The fourth-order valence-corrected chi connectivity index (χ4v) is 2.25. The van der Waals surface area contributed by atoms with Crippen molar-refractivity contribution in [3.8, 4) is 0 Å². The Morgan fingerprint density at radius 1 is 1.41 bits per heavy atom. The van der Waals surface area contributed by atoms with Crippen molar-refractivity contribution in [3.63, 3.8) is 0 Å². The van der Waals surface area contributed by atoms with Crippen molar-refractivity contribution in [1.82, 2.24) is 0 Å². The van der Waals surface area contributed by atoms with Gasteiger partial charge in [-0.05, 0) is 24.2 Å². The quantitative estimate of drug-likeness (QED) is 0.442. The molecule has 0 heterocycles. The SMILES string of the molecule is CCOC(=O)/C=C/C[S@+]([O-])Cc1ccccc1. The number of esters is 1. The molecule has 1 aromatic carbocycles. The molecule has 1 atom stereocenters. The Bertz CT molecular complexity index is 362. The second-order valence-electron chi connectivity index (χ2n) is 3.39. The van der Waals surface area contributed by atoms with E-state index in [0.717, 1.165) is 5.56 Å². The molecular weight excluding hydrogens is 236 g/mol. The van der Waals surface area contributed by atoms with Crippen molar-refractivity contribution in [1.29, 1.82) is 0 Å². The van der Waals surface area contributed by atoms with Gasteiger partial charge >= 0.3 is 5.97 Å². The molecule has 0 aliphatic heterocycles. The van der Waals surface area contributed by atoms with Gasteiger partial charge in [-0.25, -0.2) is 4.79 Å². The molecule has 1 rings (SSSR count). The lowest BCUT2D eigenvalue weighted by atomic mass is 10.2. The Morgan fingerprint density at radius 3 is 2.76 bits per heavy atom. The fraction of sp³-hybridized carbons (Fsp3) is 0.308. The van der Waals surface area contributed by atoms with E-state index in [9.17, 15) is 9.35 Å². The van der Waals surface area contributed by atoms with Crippen LogP contribution in [0.15, 0.2) is 42.5 Å². The molecule has 0 radical (unpaired) electrons. The van der Waals surface area contributed by atoms with E-state index in [4.69, 9.17) is 4.74 Å². The summed E-state index contributed by atoms with van der Waals surface area (Å²) in [4.78, 5) is 11.0. The van der Waals surface area contributed by atoms with Crippen LogP contribution in [0.3, 0.4) is 0 Å². The number of carbonyl (C=O) groups is 1. The molecule has 0 aliphatic carbocycles. The maximum Gasteiger partial charge on any atom is 0.330 e. The first-order valence-electron chi connectivity index (χ1n) is 5.44. The molecule has 1 aromatic rings. The monoisotopic (exact) mass is 252 g/mol. The summed E-state index contributed by atoms with van der Waals surface area (Å²) in [6, 6.07) is 9.63. The summed E-state index contributed by atoms with van der Waals surface area (Å²) in [7, 11) is 0. The van der Waals surface area contributed by atoms with E-state index in [-0.39, 0.29) is 5.97 Å². The van der Waals surface area contributed by atoms with Gasteiger partial charge in [0, 0.05) is 11.6 Å². The van der Waals surface area contributed by atoms with Gasteiger partial charge in [0.05, 0.1) is 6.61 Å². The minimum atomic E-state index is -0.986. The molecule has 0 saturated heterocycles. The molecule has 0 aliphatic rings. The van der Waals surface area contributed by atoms with Gasteiger partial charge in [0.2, 0.25) is 0 Å². The first-order chi connectivity index (χ1) is 8.22. The maximum absolute atomic E-state index is 11.7. The second kappa shape index (κ2) is 7.92. The van der Waals surface area contributed by atoms with Crippen molar-refractivity contribution in [2.45, 2.75) is 12.7 Å². The molecular formula is C13H16O3S. The number of carbonyl (C=O) groups excluding carboxylic acids is 1. The number of hydrogen-bond donors (Lipinski definition) is 0. The summed E-state index contributed by atoms with van der Waals surface area (Å²) in [6.45, 7) is 2.11. The Labute approximate surface area is 105 Å². The smallest absolute Gasteiger partial charge is 0.330 e. The van der Waals surface area contributed by atoms with Crippen LogP contribution in [0.5, 0.6) is 0 Å². The van der Waals surface area contributed by atoms with Gasteiger partial charge < -0.3 is 9.29 Å². The Morgan fingerprint density at radius 2 is 2.12 bits per heavy atom. The summed E-state index contributed by atoms with van der Waals surface area (Å²) in [6.07, 6.45) is 2.92. The predicted octanol–water partition coefficient (Wildman–Crippen LogP) is 2.05. The van der Waals surface area contributed by atoms with E-state index >= 15 is 0 Å². The minimum absolute atomic E-state index is 0.357. The van der Waals surface area contributed by atoms with Gasteiger partial charge in [0.1, 0.15) is 11.5 Å². The normalized spacial score (nSPS) is 12.6. The van der Waals surface area contributed by atoms with Crippen molar-refractivity contribution in [3.05, 3.63) is 48.0 Å². The highest BCUT2D eigenvalue weighted by Gasteiger charge is 2.05. The van der Waals surface area contributed by atoms with E-state index < -0.39 is 11.2 Å². The number of rotatable bonds is 6. The zero-order chi connectivity index (χ0) is 12.5. The largest absolute Gasteiger partial charge is 0.616 e. The highest BCUT2D eigenvalue weighted by atomic mass is 32.2. The standard InChI is InChI=1S/C13H16O3S/c1-2-16-13(14)9-6-10-17(15)11-12-7-4-3-5-8-12/h3-9H,2,10-11H2,1H3/b9-6+/t17-/m0/s1. The van der Waals surface area contributed by atoms with Crippen LogP contribution in [-0.2, 0) is 26.5 Å². The Kier molecular flexibility index (Phi) is 6.43. The van der Waals surface area contributed by atoms with Crippen LogP contribution in [-0.4, -0.2) is 22.9 Å². The molecule has 0 spiro atoms. The van der Waals surface area contributed by atoms with Crippen LogP contribution in [0.4, 0.5) is 0 Å². The Hall–Kier alpha value is -1.26. The lowest BCUT2D eigenvalue weighted by Crippen LogP contribution is -2.08. The van der Waals surface area contributed by atoms with Gasteiger partial charge in [-0.2, -0.15) is 0 Å². The predicted molar refractivity (Wildman–Crippen MR) is 68.9 cm³/mol. The fourth-order valence-electron chi connectivity index (χ4n) is 1.26. The lowest BCUT2D eigenvalue weighted by Gasteiger charge is -2.08. The highest BCUT2D eigenvalue weighted by Crippen LogP contribution is 2.06. The van der Waals surface area contributed by atoms with E-state index in [2.05, 4.69) is 0 Å². The molecule has 0 fully saturated rings. The van der Waals surface area contributed by atoms with Crippen LogP contribution >= 0.6 is 0 Å². The van der Waals surface area contributed by atoms with Crippen molar-refractivity contribution >= 4 is 17.1 Å². The number of ether oxygens (including phenoxy) is 1. The molecule has 0 bridgehead atoms. The third kappa shape index (κ3) is 6.14. The zero-order valence-corrected chi connectivity index (χ0v) is 10.6. The van der Waals surface area contributed by atoms with Gasteiger partial charge in [-0.15, -0.1) is 0 Å². The second-order valence-corrected chi connectivity index (χ2v) is 4.89. The summed E-state index contributed by atoms with van der Waals surface area (Å²) in [5.41, 5.74) is 1.04. The van der Waals surface area contributed by atoms with Gasteiger partial charge in [0.15, 0.2) is 0 Å². The van der Waals surface area contributed by atoms with E-state index in [1.807, 2.05) is 30.3 Å².